The summed E-state index contributed by atoms with van der Waals surface area (Å²) in [5, 5.41) is 12.6. The van der Waals surface area contributed by atoms with Crippen LogP contribution in [-0.4, -0.2) is 18.6 Å². The van der Waals surface area contributed by atoms with Crippen molar-refractivity contribution in [3.8, 4) is 0 Å². The first kappa shape index (κ1) is 17.6. The molecule has 0 saturated carbocycles. The van der Waals surface area contributed by atoms with Crippen LogP contribution in [0.1, 0.15) is 18.4 Å². The standard InChI is InChI=1S/C12H15NO4.K/c14-11(15)7-4-8-13-12(16)17-9-10-5-2-1-3-6-10;/h1-3,5-6H,4,7-9H2,(H,13,16)(H,14,15);/q;+1/p-1. The number of nitrogens with one attached hydrogen (secondary N) is 1. The van der Waals surface area contributed by atoms with E-state index < -0.39 is 12.1 Å². The molecule has 0 radical (unpaired) electrons. The molecule has 0 aliphatic carbocycles. The molecule has 92 valence electrons. The van der Waals surface area contributed by atoms with Gasteiger partial charge in [-0.25, -0.2) is 4.79 Å². The molecule has 0 aromatic heterocycles. The van der Waals surface area contributed by atoms with E-state index in [1.807, 2.05) is 30.3 Å². The van der Waals surface area contributed by atoms with E-state index in [2.05, 4.69) is 5.32 Å². The van der Waals surface area contributed by atoms with E-state index in [1.54, 1.807) is 0 Å². The molecule has 1 N–H and O–H groups in total. The summed E-state index contributed by atoms with van der Waals surface area (Å²) in [4.78, 5) is 21.3. The molecule has 1 aromatic carbocycles. The number of carboxylic acids is 1. The van der Waals surface area contributed by atoms with Gasteiger partial charge in [-0.2, -0.15) is 0 Å². The molecule has 0 unspecified atom stereocenters. The maximum atomic E-state index is 11.2. The molecule has 18 heavy (non-hydrogen) atoms. The topological polar surface area (TPSA) is 78.5 Å². The average molecular weight is 275 g/mol. The molecule has 0 aliphatic heterocycles. The van der Waals surface area contributed by atoms with Gasteiger partial charge in [-0.05, 0) is 18.4 Å². The number of amides is 1. The van der Waals surface area contributed by atoms with E-state index >= 15 is 0 Å². The number of hydrogen-bond donors (Lipinski definition) is 1. The second kappa shape index (κ2) is 10.5. The summed E-state index contributed by atoms with van der Waals surface area (Å²) in [6, 6.07) is 9.29. The van der Waals surface area contributed by atoms with Gasteiger partial charge in [0.05, 0.1) is 0 Å². The van der Waals surface area contributed by atoms with E-state index in [9.17, 15) is 14.7 Å². The van der Waals surface area contributed by atoms with E-state index in [-0.39, 0.29) is 71.0 Å². The quantitative estimate of drug-likeness (QED) is 0.458. The first-order valence-corrected chi connectivity index (χ1v) is 5.33. The SMILES string of the molecule is O=C([O-])CCCNC(=O)OCc1ccccc1.[K+]. The van der Waals surface area contributed by atoms with Crippen molar-refractivity contribution >= 4 is 12.1 Å². The third-order valence-electron chi connectivity index (χ3n) is 2.04. The number of benzene rings is 1. The monoisotopic (exact) mass is 275 g/mol. The van der Waals surface area contributed by atoms with E-state index in [0.29, 0.717) is 6.42 Å². The van der Waals surface area contributed by atoms with Gasteiger partial charge in [0.15, 0.2) is 0 Å². The molecule has 0 bridgehead atoms. The second-order valence-corrected chi connectivity index (χ2v) is 3.46. The predicted molar refractivity (Wildman–Crippen MR) is 58.9 cm³/mol. The van der Waals surface area contributed by atoms with Crippen molar-refractivity contribution in [3.63, 3.8) is 0 Å². The zero-order valence-corrected chi connectivity index (χ0v) is 13.5. The molecule has 1 aromatic rings. The van der Waals surface area contributed by atoms with Crippen LogP contribution in [0.3, 0.4) is 0 Å². The Bertz CT molecular complexity index is 370. The summed E-state index contributed by atoms with van der Waals surface area (Å²) in [5.41, 5.74) is 0.900. The first-order valence-electron chi connectivity index (χ1n) is 5.33. The molecule has 1 amide bonds. The van der Waals surface area contributed by atoms with Crippen molar-refractivity contribution in [2.45, 2.75) is 19.4 Å². The first-order chi connectivity index (χ1) is 8.18. The van der Waals surface area contributed by atoms with Gasteiger partial charge in [0.25, 0.3) is 0 Å². The van der Waals surface area contributed by atoms with Gasteiger partial charge in [0.2, 0.25) is 0 Å². The number of aliphatic carboxylic acids is 1. The summed E-state index contributed by atoms with van der Waals surface area (Å²) in [6.07, 6.45) is -0.283. The van der Waals surface area contributed by atoms with Crippen LogP contribution in [0, 0.1) is 0 Å². The molecule has 0 heterocycles. The van der Waals surface area contributed by atoms with Crippen LogP contribution >= 0.6 is 0 Å². The minimum Gasteiger partial charge on any atom is -0.550 e. The summed E-state index contributed by atoms with van der Waals surface area (Å²) in [5.74, 6) is -1.12. The maximum Gasteiger partial charge on any atom is 1.00 e. The minimum absolute atomic E-state index is 0. The summed E-state index contributed by atoms with van der Waals surface area (Å²) in [6.45, 7) is 0.467. The smallest absolute Gasteiger partial charge is 0.550 e. The van der Waals surface area contributed by atoms with Gasteiger partial charge in [0.1, 0.15) is 6.61 Å². The fourth-order valence-corrected chi connectivity index (χ4v) is 1.20. The van der Waals surface area contributed by atoms with Crippen molar-refractivity contribution < 1.29 is 70.8 Å². The molecule has 0 atom stereocenters. The zero-order valence-electron chi connectivity index (χ0n) is 10.3. The number of alkyl carbamates (subject to hydrolysis) is 1. The van der Waals surface area contributed by atoms with Crippen molar-refractivity contribution in [2.75, 3.05) is 6.54 Å². The largest absolute Gasteiger partial charge is 1.00 e. The fraction of sp³-hybridized carbons (Fsp3) is 0.333. The molecule has 1 rings (SSSR count). The fourth-order valence-electron chi connectivity index (χ4n) is 1.20. The van der Waals surface area contributed by atoms with Crippen LogP contribution in [0.2, 0.25) is 0 Å². The molecular formula is C12H14KNO4. The van der Waals surface area contributed by atoms with Crippen LogP contribution in [0.25, 0.3) is 0 Å². The number of rotatable bonds is 6. The Morgan fingerprint density at radius 2 is 1.89 bits per heavy atom. The number of carbonyl (C=O) groups is 2. The third-order valence-corrected chi connectivity index (χ3v) is 2.04. The molecule has 0 spiro atoms. The van der Waals surface area contributed by atoms with E-state index in [0.717, 1.165) is 5.56 Å². The van der Waals surface area contributed by atoms with Crippen LogP contribution in [-0.2, 0) is 16.1 Å². The Morgan fingerprint density at radius 1 is 1.22 bits per heavy atom. The Labute approximate surface area is 148 Å². The van der Waals surface area contributed by atoms with Gasteiger partial charge < -0.3 is 20.0 Å². The summed E-state index contributed by atoms with van der Waals surface area (Å²) >= 11 is 0. The van der Waals surface area contributed by atoms with Crippen LogP contribution < -0.4 is 61.8 Å². The normalized spacial score (nSPS) is 9.11. The van der Waals surface area contributed by atoms with Crippen LogP contribution in [0.4, 0.5) is 4.79 Å². The van der Waals surface area contributed by atoms with Gasteiger partial charge in [-0.3, -0.25) is 0 Å². The van der Waals surface area contributed by atoms with Gasteiger partial charge in [-0.15, -0.1) is 0 Å². The molecule has 0 fully saturated rings. The Morgan fingerprint density at radius 3 is 2.50 bits per heavy atom. The molecule has 5 nitrogen and oxygen atoms in total. The van der Waals surface area contributed by atoms with Crippen molar-refractivity contribution in [3.05, 3.63) is 35.9 Å². The van der Waals surface area contributed by atoms with Crippen molar-refractivity contribution in [1.29, 1.82) is 0 Å². The molecule has 6 heteroatoms. The number of carbonyl (C=O) groups excluding carboxylic acids is 2. The van der Waals surface area contributed by atoms with Gasteiger partial charge >= 0.3 is 57.5 Å². The average Bonchev–Trinajstić information content (AvgIpc) is 2.33. The predicted octanol–water partition coefficient (Wildman–Crippen LogP) is -2.55. The minimum atomic E-state index is -1.12. The van der Waals surface area contributed by atoms with Crippen LogP contribution in [0.5, 0.6) is 0 Å². The zero-order chi connectivity index (χ0) is 12.5. The number of carboxylic acid groups (broad SMARTS) is 1. The number of hydrogen-bond acceptors (Lipinski definition) is 4. The van der Waals surface area contributed by atoms with Gasteiger partial charge in [0, 0.05) is 12.5 Å². The van der Waals surface area contributed by atoms with E-state index in [1.165, 1.54) is 0 Å². The van der Waals surface area contributed by atoms with Gasteiger partial charge in [-0.1, -0.05) is 30.3 Å². The summed E-state index contributed by atoms with van der Waals surface area (Å²) < 4.78 is 4.92. The number of ether oxygens (including phenoxy) is 1. The Hall–Kier alpha value is -0.404. The molecule has 0 saturated heterocycles. The van der Waals surface area contributed by atoms with E-state index in [4.69, 9.17) is 4.74 Å². The molecule has 0 aliphatic rings. The third kappa shape index (κ3) is 8.65. The summed E-state index contributed by atoms with van der Waals surface area (Å²) in [7, 11) is 0. The van der Waals surface area contributed by atoms with Crippen molar-refractivity contribution in [1.82, 2.24) is 5.32 Å². The Kier molecular flexibility index (Phi) is 10.3. The maximum absolute atomic E-state index is 11.2. The van der Waals surface area contributed by atoms with Crippen LogP contribution in [0.15, 0.2) is 30.3 Å². The Balaban J connectivity index is 0.00000289. The molecular weight excluding hydrogens is 261 g/mol. The van der Waals surface area contributed by atoms with Crippen molar-refractivity contribution in [2.24, 2.45) is 0 Å². The second-order valence-electron chi connectivity index (χ2n) is 3.46.